The van der Waals surface area contributed by atoms with Crippen molar-refractivity contribution in [1.29, 1.82) is 0 Å². The molecule has 0 radical (unpaired) electrons. The second-order valence-electron chi connectivity index (χ2n) is 8.41. The molecule has 188 valence electrons. The van der Waals surface area contributed by atoms with Crippen molar-refractivity contribution >= 4 is 75.0 Å². The molecular weight excluding hydrogens is 546 g/mol. The summed E-state index contributed by atoms with van der Waals surface area (Å²) in [5.41, 5.74) is 1.73. The number of nitrogens with zero attached hydrogens (tertiary/aromatic N) is 2. The molecule has 0 aliphatic carbocycles. The van der Waals surface area contributed by atoms with Gasteiger partial charge in [0.25, 0.3) is 5.91 Å². The van der Waals surface area contributed by atoms with Gasteiger partial charge in [-0.1, -0.05) is 59.0 Å². The molecule has 4 rings (SSSR count). The molecule has 0 bridgehead atoms. The van der Waals surface area contributed by atoms with Crippen molar-refractivity contribution in [2.45, 2.75) is 19.0 Å². The average Bonchev–Trinajstić information content (AvgIpc) is 3.15. The van der Waals surface area contributed by atoms with Crippen molar-refractivity contribution in [3.8, 4) is 0 Å². The Labute approximate surface area is 227 Å². The lowest BCUT2D eigenvalue weighted by Crippen LogP contribution is -2.61. The van der Waals surface area contributed by atoms with Crippen LogP contribution in [-0.2, 0) is 22.6 Å². The smallest absolute Gasteiger partial charge is 0.253 e. The highest BCUT2D eigenvalue weighted by atomic mass is 35.5. The summed E-state index contributed by atoms with van der Waals surface area (Å²) in [6.07, 6.45) is 3.34. The van der Waals surface area contributed by atoms with E-state index in [2.05, 4.69) is 17.2 Å². The molecule has 2 N–H and O–H groups in total. The second-order valence-corrected chi connectivity index (χ2v) is 10.1. The van der Waals surface area contributed by atoms with Gasteiger partial charge < -0.3 is 20.1 Å². The third kappa shape index (κ3) is 5.81. The van der Waals surface area contributed by atoms with Crippen LogP contribution in [0.2, 0.25) is 20.1 Å². The Kier molecular flexibility index (Phi) is 8.15. The summed E-state index contributed by atoms with van der Waals surface area (Å²) in [4.78, 5) is 38.9. The molecule has 0 unspecified atom stereocenters. The molecule has 0 saturated carbocycles. The average molecular weight is 568 g/mol. The van der Waals surface area contributed by atoms with Gasteiger partial charge in [-0.2, -0.15) is 0 Å². The molecule has 0 atom stereocenters. The minimum absolute atomic E-state index is 0.0581. The first-order valence-electron chi connectivity index (χ1n) is 11.1. The maximum absolute atomic E-state index is 13.1. The number of hydrogen-bond acceptors (Lipinski definition) is 3. The summed E-state index contributed by atoms with van der Waals surface area (Å²) in [5, 5.41) is 8.07. The fourth-order valence-electron chi connectivity index (χ4n) is 4.10. The van der Waals surface area contributed by atoms with Crippen molar-refractivity contribution in [2.75, 3.05) is 19.6 Å². The molecule has 1 aliphatic heterocycles. The highest BCUT2D eigenvalue weighted by Crippen LogP contribution is 2.32. The number of carbonyl (C=O) groups is 3. The van der Waals surface area contributed by atoms with Crippen molar-refractivity contribution in [1.82, 2.24) is 20.1 Å². The Hall–Kier alpha value is -2.71. The van der Waals surface area contributed by atoms with E-state index in [1.807, 2.05) is 6.07 Å². The van der Waals surface area contributed by atoms with E-state index in [4.69, 9.17) is 46.4 Å². The molecule has 1 fully saturated rings. The summed E-state index contributed by atoms with van der Waals surface area (Å²) in [6, 6.07) is 8.28. The van der Waals surface area contributed by atoms with Gasteiger partial charge in [0, 0.05) is 46.3 Å². The zero-order chi connectivity index (χ0) is 26.0. The third-order valence-electron chi connectivity index (χ3n) is 5.88. The first-order valence-corrected chi connectivity index (χ1v) is 12.6. The summed E-state index contributed by atoms with van der Waals surface area (Å²) < 4.78 is 1.62. The Morgan fingerprint density at radius 3 is 2.44 bits per heavy atom. The highest BCUT2D eigenvalue weighted by Gasteiger charge is 2.30. The molecule has 2 heterocycles. The van der Waals surface area contributed by atoms with Gasteiger partial charge in [0.1, 0.15) is 6.54 Å². The molecule has 36 heavy (non-hydrogen) atoms. The molecule has 3 aromatic rings. The monoisotopic (exact) mass is 566 g/mol. The maximum Gasteiger partial charge on any atom is 0.253 e. The standard InChI is InChI=1S/C25H22Cl4N4O3/c1-2-23(35)32-10-17(11-32)31-22(34)13-33-12-19(18-7-16(27)9-21(29)24(18)33)25(36)30-6-5-14-3-4-15(26)8-20(14)28/h2-4,7-9,12,17H,1,5-6,10-11,13H2,(H,30,36)(H,31,34). The fraction of sp³-hybridized carbons (Fsp3) is 0.240. The van der Waals surface area contributed by atoms with E-state index in [0.29, 0.717) is 62.6 Å². The Balaban J connectivity index is 1.47. The first-order chi connectivity index (χ1) is 17.2. The Morgan fingerprint density at radius 2 is 1.75 bits per heavy atom. The van der Waals surface area contributed by atoms with E-state index in [1.54, 1.807) is 39.9 Å². The van der Waals surface area contributed by atoms with Gasteiger partial charge in [-0.15, -0.1) is 0 Å². The van der Waals surface area contributed by atoms with Crippen molar-refractivity contribution in [3.05, 3.63) is 80.4 Å². The molecule has 7 nitrogen and oxygen atoms in total. The SMILES string of the molecule is C=CC(=O)N1CC(NC(=O)Cn2cc(C(=O)NCCc3ccc(Cl)cc3Cl)c3cc(Cl)cc(Cl)c32)C1. The number of halogens is 4. The van der Waals surface area contributed by atoms with Crippen LogP contribution in [0.3, 0.4) is 0 Å². The van der Waals surface area contributed by atoms with Gasteiger partial charge in [0.05, 0.1) is 22.1 Å². The zero-order valence-corrected chi connectivity index (χ0v) is 22.0. The van der Waals surface area contributed by atoms with Crippen LogP contribution in [0, 0.1) is 0 Å². The third-order valence-corrected chi connectivity index (χ3v) is 6.97. The van der Waals surface area contributed by atoms with E-state index < -0.39 is 0 Å². The Bertz CT molecular complexity index is 1370. The topological polar surface area (TPSA) is 83.4 Å². The molecule has 0 spiro atoms. The minimum Gasteiger partial charge on any atom is -0.352 e. The number of hydrogen-bond donors (Lipinski definition) is 2. The van der Waals surface area contributed by atoms with Crippen LogP contribution in [0.4, 0.5) is 0 Å². The van der Waals surface area contributed by atoms with Crippen molar-refractivity contribution in [3.63, 3.8) is 0 Å². The highest BCUT2D eigenvalue weighted by molar-refractivity contribution is 6.39. The molecule has 1 aromatic heterocycles. The van der Waals surface area contributed by atoms with E-state index in [-0.39, 0.29) is 30.3 Å². The van der Waals surface area contributed by atoms with Crippen LogP contribution in [0.1, 0.15) is 15.9 Å². The van der Waals surface area contributed by atoms with Gasteiger partial charge >= 0.3 is 0 Å². The van der Waals surface area contributed by atoms with Gasteiger partial charge in [-0.05, 0) is 42.3 Å². The van der Waals surface area contributed by atoms with Crippen LogP contribution in [-0.4, -0.2) is 52.9 Å². The number of likely N-dealkylation sites (tertiary alicyclic amines) is 1. The lowest BCUT2D eigenvalue weighted by molar-refractivity contribution is -0.133. The molecule has 2 aromatic carbocycles. The molecule has 11 heteroatoms. The number of aromatic nitrogens is 1. The minimum atomic E-state index is -0.333. The van der Waals surface area contributed by atoms with E-state index in [9.17, 15) is 14.4 Å². The number of benzene rings is 2. The fourth-order valence-corrected chi connectivity index (χ4v) is 5.20. The van der Waals surface area contributed by atoms with Crippen LogP contribution in [0.5, 0.6) is 0 Å². The molecule has 1 aliphatic rings. The number of nitrogens with one attached hydrogen (secondary N) is 2. The lowest BCUT2D eigenvalue weighted by Gasteiger charge is -2.38. The van der Waals surface area contributed by atoms with E-state index in [1.165, 1.54) is 6.08 Å². The predicted octanol–water partition coefficient (Wildman–Crippen LogP) is 4.74. The summed E-state index contributed by atoms with van der Waals surface area (Å²) in [6.45, 7) is 4.58. The summed E-state index contributed by atoms with van der Waals surface area (Å²) in [7, 11) is 0. The first kappa shape index (κ1) is 26.4. The largest absolute Gasteiger partial charge is 0.352 e. The van der Waals surface area contributed by atoms with Gasteiger partial charge in [-0.3, -0.25) is 14.4 Å². The molecule has 1 saturated heterocycles. The van der Waals surface area contributed by atoms with Crippen molar-refractivity contribution in [2.24, 2.45) is 0 Å². The predicted molar refractivity (Wildman–Crippen MR) is 143 cm³/mol. The van der Waals surface area contributed by atoms with Gasteiger partial charge in [0.15, 0.2) is 0 Å². The Morgan fingerprint density at radius 1 is 1.03 bits per heavy atom. The number of amides is 3. The summed E-state index contributed by atoms with van der Waals surface area (Å²) >= 11 is 24.8. The lowest BCUT2D eigenvalue weighted by atomic mass is 10.1. The van der Waals surface area contributed by atoms with Gasteiger partial charge in [0.2, 0.25) is 11.8 Å². The van der Waals surface area contributed by atoms with Gasteiger partial charge in [-0.25, -0.2) is 0 Å². The van der Waals surface area contributed by atoms with E-state index >= 15 is 0 Å². The zero-order valence-electron chi connectivity index (χ0n) is 19.0. The molecule has 3 amide bonds. The number of carbonyl (C=O) groups excluding carboxylic acids is 3. The van der Waals surface area contributed by atoms with Crippen molar-refractivity contribution < 1.29 is 14.4 Å². The van der Waals surface area contributed by atoms with Crippen LogP contribution < -0.4 is 10.6 Å². The van der Waals surface area contributed by atoms with Crippen LogP contribution in [0.15, 0.2) is 49.2 Å². The maximum atomic E-state index is 13.1. The second kappa shape index (κ2) is 11.1. The number of fused-ring (bicyclic) bond motifs is 1. The molecular formula is C25H22Cl4N4O3. The number of rotatable bonds is 8. The quantitative estimate of drug-likeness (QED) is 0.386. The normalized spacial score (nSPS) is 13.4. The van der Waals surface area contributed by atoms with Crippen LogP contribution in [0.25, 0.3) is 10.9 Å². The van der Waals surface area contributed by atoms with E-state index in [0.717, 1.165) is 5.56 Å². The van der Waals surface area contributed by atoms with Crippen LogP contribution >= 0.6 is 46.4 Å². The summed E-state index contributed by atoms with van der Waals surface area (Å²) in [5.74, 6) is -0.771.